The molecule has 2 aromatic carbocycles. The Morgan fingerprint density at radius 2 is 1.73 bits per heavy atom. The summed E-state index contributed by atoms with van der Waals surface area (Å²) in [6.07, 6.45) is 1.49. The number of nitrogens with one attached hydrogen (secondary N) is 3. The van der Waals surface area contributed by atoms with Crippen LogP contribution in [0.15, 0.2) is 48.1 Å². The van der Waals surface area contributed by atoms with Gasteiger partial charge in [0, 0.05) is 70.3 Å². The largest absolute Gasteiger partial charge is 0.495 e. The maximum absolute atomic E-state index is 16.1. The Morgan fingerprint density at radius 1 is 1.00 bits per heavy atom. The summed E-state index contributed by atoms with van der Waals surface area (Å²) in [6.45, 7) is 10.9. The van der Waals surface area contributed by atoms with Crippen molar-refractivity contribution in [1.29, 1.82) is 0 Å². The molecule has 0 radical (unpaired) electrons. The predicted octanol–water partition coefficient (Wildman–Crippen LogP) is 7.93. The zero-order chi connectivity index (χ0) is 62.0. The minimum Gasteiger partial charge on any atom is -0.495 e. The van der Waals surface area contributed by atoms with Crippen molar-refractivity contribution in [3.63, 3.8) is 0 Å². The second kappa shape index (κ2) is 29.1. The van der Waals surface area contributed by atoms with Crippen LogP contribution in [-0.4, -0.2) is 138 Å². The molecule has 20 nitrogen and oxygen atoms in total. The topological polar surface area (TPSA) is 275 Å². The monoisotopic (exact) mass is 1210 g/mol. The molecule has 4 heterocycles. The fraction of sp³-hybridized carbons (Fsp3) is 0.583. The standard InChI is InChI=1S/C60H79ClF2N6O14S/c1-32(2)39(27-38(84)16-11-10-12-20-69-51(72)22-34(4)56(69)75)55(74)66-42(17-14-19-65-57(64)76)45(70)26-37-25-41(63)43(28-40(37)62)67-58(77)82-49-29-50(71)68(7)44-23-36(24-46(79-8)53(44)61)21-33(3)15-13-18-48(80-9)60(78)30-47(81-52(73)31-60)35(5)54-59(49,6)83-54/h13,15,18,23-25,28,32,34-35,39,42,47-49,54,78H,10-12,14,16-17,19-22,26-27,29-31H2,1-9H3,(H,66,74)(H,67,77)(H3,64,65,76)/b18-13+,33-15+/t34?,35-,39+,42+,47+,48-,49+,54+,59+,60-/m1/s1. The normalized spacial score (nSPS) is 26.3. The highest BCUT2D eigenvalue weighted by atomic mass is 35.5. The van der Waals surface area contributed by atoms with Crippen LogP contribution < -0.4 is 31.3 Å². The van der Waals surface area contributed by atoms with Crippen LogP contribution in [0.2, 0.25) is 5.02 Å². The molecular formula is C60H79ClF2N6O14S. The first-order valence-corrected chi connectivity index (χ1v) is 29.1. The number of hydrogen-bond donors (Lipinski definition) is 5. The summed E-state index contributed by atoms with van der Waals surface area (Å²) in [4.78, 5) is 109. The smallest absolute Gasteiger partial charge is 0.412 e. The molecule has 4 bridgehead atoms. The number of primary amides is 1. The fourth-order valence-electron chi connectivity index (χ4n) is 11.2. The number of imide groups is 1. The SMILES string of the molecule is COc1cc2cc(c1Cl)N(C)C(=O)C[C@H](OC(=O)Nc1cc(F)c(CC(=O)[C@H](CCCNC(N)=O)NC(=O)[C@@H](CC(=S)CCCCCN3C(=O)CC(C)C3=O)C(C)C)cc1F)[C@]1(C)O[C@H]1[C@H](C)[C@@H]1C[C@@](O)(CC(=O)O1)[C@H](OC)/C=C/C=C(\C)C2. The lowest BCUT2D eigenvalue weighted by Crippen LogP contribution is -2.53. The number of methoxy groups -OCH3 is 2. The van der Waals surface area contributed by atoms with Gasteiger partial charge in [0.15, 0.2) is 5.78 Å². The number of nitrogens with two attached hydrogens (primary N) is 1. The molecule has 2 aromatic rings. The lowest BCUT2D eigenvalue weighted by Gasteiger charge is -2.41. The number of epoxide rings is 1. The highest BCUT2D eigenvalue weighted by Gasteiger charge is 2.64. The number of anilines is 2. The molecule has 7 amide bonds. The number of fused-ring (bicyclic) bond motifs is 5. The zero-order valence-electron chi connectivity index (χ0n) is 49.1. The van der Waals surface area contributed by atoms with Gasteiger partial charge in [0.25, 0.3) is 0 Å². The molecule has 1 unspecified atom stereocenters. The van der Waals surface area contributed by atoms with Crippen molar-refractivity contribution in [2.75, 3.05) is 44.6 Å². The van der Waals surface area contributed by atoms with Gasteiger partial charge in [0.1, 0.15) is 51.9 Å². The first kappa shape index (κ1) is 66.7. The second-order valence-electron chi connectivity index (χ2n) is 23.1. The third kappa shape index (κ3) is 16.9. The summed E-state index contributed by atoms with van der Waals surface area (Å²) in [5.74, 6) is -6.69. The van der Waals surface area contributed by atoms with E-state index < -0.39 is 125 Å². The number of amides is 7. The van der Waals surface area contributed by atoms with Gasteiger partial charge >= 0.3 is 18.1 Å². The predicted molar refractivity (Wildman–Crippen MR) is 312 cm³/mol. The Kier molecular flexibility index (Phi) is 23.1. The quantitative estimate of drug-likeness (QED) is 0.0246. The molecule has 460 valence electrons. The molecule has 84 heavy (non-hydrogen) atoms. The molecule has 0 spiro atoms. The van der Waals surface area contributed by atoms with Crippen LogP contribution in [-0.2, 0) is 60.6 Å². The van der Waals surface area contributed by atoms with E-state index in [1.165, 1.54) is 31.1 Å². The van der Waals surface area contributed by atoms with Gasteiger partial charge < -0.3 is 50.1 Å². The third-order valence-corrected chi connectivity index (χ3v) is 17.0. The number of hydrogen-bond acceptors (Lipinski definition) is 15. The number of thiocarbonyl (C=S) groups is 1. The van der Waals surface area contributed by atoms with Gasteiger partial charge in [-0.15, -0.1) is 0 Å². The minimum atomic E-state index is -1.70. The molecule has 4 aliphatic rings. The Morgan fingerprint density at radius 3 is 2.38 bits per heavy atom. The summed E-state index contributed by atoms with van der Waals surface area (Å²) < 4.78 is 61.5. The Hall–Kier alpha value is -6.40. The molecular weight excluding hydrogens is 1130 g/mol. The van der Waals surface area contributed by atoms with E-state index in [4.69, 9.17) is 53.2 Å². The summed E-state index contributed by atoms with van der Waals surface area (Å²) in [5.41, 5.74) is 2.84. The number of aliphatic hydroxyl groups is 1. The lowest BCUT2D eigenvalue weighted by molar-refractivity contribution is -0.187. The first-order valence-electron chi connectivity index (χ1n) is 28.4. The molecule has 0 saturated carbocycles. The maximum Gasteiger partial charge on any atom is 0.412 e. The van der Waals surface area contributed by atoms with Crippen LogP contribution >= 0.6 is 23.8 Å². The average molecular weight is 1210 g/mol. The van der Waals surface area contributed by atoms with Gasteiger partial charge in [0.2, 0.25) is 23.6 Å². The van der Waals surface area contributed by atoms with Crippen molar-refractivity contribution in [3.05, 3.63) is 75.9 Å². The van der Waals surface area contributed by atoms with Gasteiger partial charge in [-0.05, 0) is 98.9 Å². The highest BCUT2D eigenvalue weighted by molar-refractivity contribution is 7.80. The van der Waals surface area contributed by atoms with Crippen molar-refractivity contribution in [1.82, 2.24) is 15.5 Å². The average Bonchev–Trinajstić information content (AvgIpc) is 3.70. The van der Waals surface area contributed by atoms with Crippen LogP contribution in [0.25, 0.3) is 0 Å². The van der Waals surface area contributed by atoms with Gasteiger partial charge in [-0.3, -0.25) is 39.0 Å². The molecule has 0 aromatic heterocycles. The summed E-state index contributed by atoms with van der Waals surface area (Å²) in [6, 6.07) is 2.80. The van der Waals surface area contributed by atoms with Crippen molar-refractivity contribution in [2.24, 2.45) is 29.4 Å². The van der Waals surface area contributed by atoms with Crippen LogP contribution in [0.3, 0.4) is 0 Å². The van der Waals surface area contributed by atoms with Gasteiger partial charge in [-0.2, -0.15) is 0 Å². The van der Waals surface area contributed by atoms with E-state index >= 15 is 8.78 Å². The van der Waals surface area contributed by atoms with E-state index in [1.54, 1.807) is 45.1 Å². The number of esters is 1. The van der Waals surface area contributed by atoms with Gasteiger partial charge in [-0.25, -0.2) is 18.4 Å². The number of unbranched alkanes of at least 4 members (excludes halogenated alkanes) is 2. The summed E-state index contributed by atoms with van der Waals surface area (Å²) in [5, 5.41) is 19.5. The number of benzene rings is 2. The van der Waals surface area contributed by atoms with Crippen molar-refractivity contribution < 1.29 is 75.9 Å². The number of rotatable bonds is 22. The van der Waals surface area contributed by atoms with E-state index in [0.29, 0.717) is 55.1 Å². The molecule has 3 fully saturated rings. The number of carbonyl (C=O) groups excluding carboxylic acids is 8. The third-order valence-electron chi connectivity index (χ3n) is 16.3. The van der Waals surface area contributed by atoms with Crippen LogP contribution in [0, 0.1) is 35.3 Å². The van der Waals surface area contributed by atoms with Crippen molar-refractivity contribution in [2.45, 2.75) is 167 Å². The maximum atomic E-state index is 16.1. The molecule has 6 N–H and O–H groups in total. The van der Waals surface area contributed by atoms with Crippen LogP contribution in [0.4, 0.5) is 29.7 Å². The fourth-order valence-corrected chi connectivity index (χ4v) is 11.8. The number of carbonyl (C=O) groups is 8. The van der Waals surface area contributed by atoms with Crippen LogP contribution in [0.1, 0.15) is 123 Å². The first-order chi connectivity index (χ1) is 39.6. The molecule has 24 heteroatoms. The van der Waals surface area contributed by atoms with Gasteiger partial charge in [-0.1, -0.05) is 81.7 Å². The summed E-state index contributed by atoms with van der Waals surface area (Å²) >= 11 is 12.5. The van der Waals surface area contributed by atoms with E-state index in [-0.39, 0.29) is 85.2 Å². The van der Waals surface area contributed by atoms with E-state index in [2.05, 4.69) is 16.0 Å². The van der Waals surface area contributed by atoms with Crippen molar-refractivity contribution >= 4 is 87.6 Å². The number of ketones is 1. The number of allylic oxidation sites excluding steroid dienone is 3. The second-order valence-corrected chi connectivity index (χ2v) is 24.0. The van der Waals surface area contributed by atoms with E-state index in [1.807, 2.05) is 26.8 Å². The van der Waals surface area contributed by atoms with Crippen LogP contribution in [0.5, 0.6) is 5.75 Å². The minimum absolute atomic E-state index is 0.0109. The van der Waals surface area contributed by atoms with E-state index in [9.17, 15) is 43.5 Å². The Bertz CT molecular complexity index is 2910. The molecule has 10 atom stereocenters. The highest BCUT2D eigenvalue weighted by Crippen LogP contribution is 2.50. The molecule has 3 saturated heterocycles. The molecule has 4 aliphatic heterocycles. The Labute approximate surface area is 499 Å². The lowest BCUT2D eigenvalue weighted by atomic mass is 9.78. The number of likely N-dealkylation sites (tertiary alicyclic amines) is 1. The summed E-state index contributed by atoms with van der Waals surface area (Å²) in [7, 11) is 4.32. The number of halogens is 3. The number of urea groups is 1. The number of nitrogens with zero attached hydrogens (tertiary/aromatic N) is 2. The Balaban J connectivity index is 1.18. The van der Waals surface area contributed by atoms with Crippen molar-refractivity contribution in [3.8, 4) is 5.75 Å². The van der Waals surface area contributed by atoms with Gasteiger partial charge in [0.05, 0.1) is 43.5 Å². The number of ether oxygens (including phenoxy) is 5. The number of Topliss-reactive ketones (excluding diaryl/α,β-unsaturated/α-hetero) is 1. The zero-order valence-corrected chi connectivity index (χ0v) is 50.7. The molecule has 6 rings (SSSR count). The van der Waals surface area contributed by atoms with E-state index in [0.717, 1.165) is 11.6 Å². The molecule has 0 aliphatic carbocycles.